The number of carbonyl (C=O) groups excluding carboxylic acids is 1. The topological polar surface area (TPSA) is 69.4 Å². The zero-order valence-corrected chi connectivity index (χ0v) is 12.6. The fourth-order valence-corrected chi connectivity index (χ4v) is 2.03. The molecule has 0 heterocycles. The highest BCUT2D eigenvalue weighted by atomic mass is 19.1. The van der Waals surface area contributed by atoms with Crippen molar-refractivity contribution in [3.05, 3.63) is 94.8 Å². The van der Waals surface area contributed by atoms with Crippen LogP contribution in [0.1, 0.15) is 11.5 Å². The minimum absolute atomic E-state index is 0.108. The molecule has 1 unspecified atom stereocenters. The molecule has 0 aliphatic heterocycles. The second kappa shape index (κ2) is 7.82. The molecule has 0 fully saturated rings. The molecule has 0 radical (unpaired) electrons. The SMILES string of the molecule is C=CC=CC(C(=O)Oc1ccc([N+](=O)[O-])cc1)c1cccc(F)c1. The number of rotatable bonds is 6. The summed E-state index contributed by atoms with van der Waals surface area (Å²) in [6.45, 7) is 3.54. The second-order valence-corrected chi connectivity index (χ2v) is 4.83. The molecule has 0 saturated carbocycles. The van der Waals surface area contributed by atoms with Crippen molar-refractivity contribution >= 4 is 11.7 Å². The Morgan fingerprint density at radius 2 is 1.96 bits per heavy atom. The van der Waals surface area contributed by atoms with Crippen LogP contribution in [0.2, 0.25) is 0 Å². The van der Waals surface area contributed by atoms with Crippen molar-refractivity contribution in [3.63, 3.8) is 0 Å². The van der Waals surface area contributed by atoms with Gasteiger partial charge in [-0.2, -0.15) is 0 Å². The van der Waals surface area contributed by atoms with E-state index in [1.165, 1.54) is 54.6 Å². The van der Waals surface area contributed by atoms with Crippen LogP contribution in [0.5, 0.6) is 5.75 Å². The number of nitrogens with zero attached hydrogens (tertiary/aromatic N) is 1. The smallest absolute Gasteiger partial charge is 0.322 e. The molecule has 0 N–H and O–H groups in total. The van der Waals surface area contributed by atoms with Gasteiger partial charge >= 0.3 is 5.97 Å². The predicted molar refractivity (Wildman–Crippen MR) is 87.2 cm³/mol. The first kappa shape index (κ1) is 17.1. The van der Waals surface area contributed by atoms with Crippen molar-refractivity contribution in [1.29, 1.82) is 0 Å². The minimum atomic E-state index is -0.825. The van der Waals surface area contributed by atoms with Crippen LogP contribution in [0.4, 0.5) is 10.1 Å². The Bertz CT molecular complexity index is 784. The number of hydrogen-bond acceptors (Lipinski definition) is 4. The number of benzene rings is 2. The molecule has 0 amide bonds. The third kappa shape index (κ3) is 4.36. The van der Waals surface area contributed by atoms with Crippen LogP contribution in [0.25, 0.3) is 0 Å². The summed E-state index contributed by atoms with van der Waals surface area (Å²) in [5, 5.41) is 10.6. The summed E-state index contributed by atoms with van der Waals surface area (Å²) >= 11 is 0. The molecule has 0 aliphatic rings. The Morgan fingerprint density at radius 3 is 2.54 bits per heavy atom. The Labute approximate surface area is 137 Å². The molecular formula is C18H14FNO4. The van der Waals surface area contributed by atoms with E-state index < -0.39 is 22.6 Å². The quantitative estimate of drug-likeness (QED) is 0.262. The zero-order chi connectivity index (χ0) is 17.5. The van der Waals surface area contributed by atoms with Crippen molar-refractivity contribution in [2.75, 3.05) is 0 Å². The Morgan fingerprint density at radius 1 is 1.25 bits per heavy atom. The lowest BCUT2D eigenvalue weighted by Gasteiger charge is -2.13. The van der Waals surface area contributed by atoms with E-state index in [2.05, 4.69) is 6.58 Å². The third-order valence-electron chi connectivity index (χ3n) is 3.17. The van der Waals surface area contributed by atoms with E-state index in [-0.39, 0.29) is 11.4 Å². The highest BCUT2D eigenvalue weighted by molar-refractivity contribution is 5.82. The average molecular weight is 327 g/mol. The Balaban J connectivity index is 2.23. The van der Waals surface area contributed by atoms with E-state index in [4.69, 9.17) is 4.74 Å². The molecule has 6 heteroatoms. The van der Waals surface area contributed by atoms with E-state index in [0.29, 0.717) is 5.56 Å². The van der Waals surface area contributed by atoms with Crippen LogP contribution < -0.4 is 4.74 Å². The summed E-state index contributed by atoms with van der Waals surface area (Å²) in [4.78, 5) is 22.5. The van der Waals surface area contributed by atoms with Gasteiger partial charge in [-0.1, -0.05) is 36.9 Å². The number of nitro benzene ring substituents is 1. The second-order valence-electron chi connectivity index (χ2n) is 4.83. The van der Waals surface area contributed by atoms with Gasteiger partial charge in [-0.05, 0) is 29.8 Å². The van der Waals surface area contributed by atoms with Crippen LogP contribution in [0.15, 0.2) is 73.3 Å². The van der Waals surface area contributed by atoms with Crippen molar-refractivity contribution in [1.82, 2.24) is 0 Å². The highest BCUT2D eigenvalue weighted by Gasteiger charge is 2.21. The Kier molecular flexibility index (Phi) is 5.57. The maximum atomic E-state index is 13.4. The van der Waals surface area contributed by atoms with E-state index >= 15 is 0 Å². The molecule has 2 aromatic rings. The molecule has 5 nitrogen and oxygen atoms in total. The van der Waals surface area contributed by atoms with Gasteiger partial charge in [0, 0.05) is 12.1 Å². The van der Waals surface area contributed by atoms with Crippen LogP contribution in [0.3, 0.4) is 0 Å². The first-order chi connectivity index (χ1) is 11.5. The lowest BCUT2D eigenvalue weighted by atomic mass is 9.98. The fourth-order valence-electron chi connectivity index (χ4n) is 2.03. The molecule has 0 aromatic heterocycles. The summed E-state index contributed by atoms with van der Waals surface area (Å²) < 4.78 is 18.6. The highest BCUT2D eigenvalue weighted by Crippen LogP contribution is 2.23. The van der Waals surface area contributed by atoms with Crippen LogP contribution in [-0.2, 0) is 4.79 Å². The van der Waals surface area contributed by atoms with Gasteiger partial charge in [0.05, 0.1) is 4.92 Å². The van der Waals surface area contributed by atoms with E-state index in [9.17, 15) is 19.3 Å². The molecule has 0 spiro atoms. The minimum Gasteiger partial charge on any atom is -0.426 e. The van der Waals surface area contributed by atoms with Gasteiger partial charge in [0.25, 0.3) is 5.69 Å². The molecule has 0 bridgehead atoms. The van der Waals surface area contributed by atoms with Gasteiger partial charge in [0.15, 0.2) is 0 Å². The van der Waals surface area contributed by atoms with Gasteiger partial charge in [-0.25, -0.2) is 4.39 Å². The molecular weight excluding hydrogens is 313 g/mol. The largest absolute Gasteiger partial charge is 0.426 e. The molecule has 2 aromatic carbocycles. The van der Waals surface area contributed by atoms with Gasteiger partial charge in [0.2, 0.25) is 0 Å². The molecule has 1 atom stereocenters. The zero-order valence-electron chi connectivity index (χ0n) is 12.6. The number of ether oxygens (including phenoxy) is 1. The molecule has 2 rings (SSSR count). The molecule has 0 aliphatic carbocycles. The molecule has 24 heavy (non-hydrogen) atoms. The monoisotopic (exact) mass is 327 g/mol. The van der Waals surface area contributed by atoms with E-state index in [0.717, 1.165) is 0 Å². The molecule has 0 saturated heterocycles. The molecule has 122 valence electrons. The first-order valence-electron chi connectivity index (χ1n) is 7.02. The van der Waals surface area contributed by atoms with Gasteiger partial charge < -0.3 is 4.74 Å². The fraction of sp³-hybridized carbons (Fsp3) is 0.0556. The van der Waals surface area contributed by atoms with Gasteiger partial charge in [-0.3, -0.25) is 14.9 Å². The van der Waals surface area contributed by atoms with Crippen LogP contribution >= 0.6 is 0 Å². The summed E-state index contributed by atoms with van der Waals surface area (Å²) in [6, 6.07) is 10.8. The van der Waals surface area contributed by atoms with Crippen molar-refractivity contribution < 1.29 is 18.8 Å². The van der Waals surface area contributed by atoms with Crippen molar-refractivity contribution in [2.24, 2.45) is 0 Å². The Hall–Kier alpha value is -3.28. The number of nitro groups is 1. The summed E-state index contributed by atoms with van der Waals surface area (Å²) in [6.07, 6.45) is 4.59. The lowest BCUT2D eigenvalue weighted by Crippen LogP contribution is -2.17. The normalized spacial score (nSPS) is 11.9. The summed E-state index contributed by atoms with van der Waals surface area (Å²) in [5.41, 5.74) is 0.322. The standard InChI is InChI=1S/C18H14FNO4/c1-2-3-7-17(13-5-4-6-14(19)12-13)18(21)24-16-10-8-15(9-11-16)20(22)23/h2-12,17H,1H2. The number of carbonyl (C=O) groups is 1. The number of hydrogen-bond donors (Lipinski definition) is 0. The predicted octanol–water partition coefficient (Wildman–Crippen LogP) is 4.17. The van der Waals surface area contributed by atoms with Gasteiger partial charge in [0.1, 0.15) is 17.5 Å². The number of allylic oxidation sites excluding steroid dienone is 2. The maximum absolute atomic E-state index is 13.4. The van der Waals surface area contributed by atoms with Crippen molar-refractivity contribution in [2.45, 2.75) is 5.92 Å². The summed E-state index contributed by atoms with van der Waals surface area (Å²) in [5.74, 6) is -1.76. The maximum Gasteiger partial charge on any atom is 0.322 e. The number of halogens is 1. The van der Waals surface area contributed by atoms with Gasteiger partial charge in [-0.15, -0.1) is 0 Å². The van der Waals surface area contributed by atoms with E-state index in [1.54, 1.807) is 12.1 Å². The van der Waals surface area contributed by atoms with Crippen molar-refractivity contribution in [3.8, 4) is 5.75 Å². The van der Waals surface area contributed by atoms with Crippen LogP contribution in [-0.4, -0.2) is 10.9 Å². The summed E-state index contributed by atoms with van der Waals surface area (Å²) in [7, 11) is 0. The first-order valence-corrected chi connectivity index (χ1v) is 7.02. The van der Waals surface area contributed by atoms with E-state index in [1.807, 2.05) is 0 Å². The third-order valence-corrected chi connectivity index (χ3v) is 3.17. The number of non-ortho nitro benzene ring substituents is 1. The van der Waals surface area contributed by atoms with Crippen LogP contribution in [0, 0.1) is 15.9 Å². The average Bonchev–Trinajstić information content (AvgIpc) is 2.56. The lowest BCUT2D eigenvalue weighted by molar-refractivity contribution is -0.384. The number of esters is 1.